The maximum Gasteiger partial charge on any atom is 0.142 e. The Balaban J connectivity index is 2.45. The standard InChI is InChI=1S/C10H9ClN2OS/c1-6-8(5-14)13-10(15-6)7-3-2-4-9(11)12-7/h2-4,14H,5H2,1H3. The van der Waals surface area contributed by atoms with Crippen LogP contribution in [0.25, 0.3) is 10.7 Å². The second-order valence-corrected chi connectivity index (χ2v) is 4.62. The third kappa shape index (κ3) is 2.17. The molecular weight excluding hydrogens is 232 g/mol. The lowest BCUT2D eigenvalue weighted by Gasteiger charge is -1.94. The topological polar surface area (TPSA) is 46.0 Å². The average Bonchev–Trinajstić information content (AvgIpc) is 2.60. The van der Waals surface area contributed by atoms with Gasteiger partial charge in [-0.25, -0.2) is 9.97 Å². The smallest absolute Gasteiger partial charge is 0.142 e. The molecule has 0 saturated carbocycles. The number of thiazole rings is 1. The van der Waals surface area contributed by atoms with Crippen molar-refractivity contribution in [3.8, 4) is 10.7 Å². The molecule has 0 bridgehead atoms. The summed E-state index contributed by atoms with van der Waals surface area (Å²) in [6, 6.07) is 5.41. The highest BCUT2D eigenvalue weighted by atomic mass is 35.5. The first-order valence-electron chi connectivity index (χ1n) is 4.41. The fourth-order valence-electron chi connectivity index (χ4n) is 1.21. The number of pyridine rings is 1. The molecule has 5 heteroatoms. The molecule has 0 aliphatic heterocycles. The molecule has 0 fully saturated rings. The fourth-order valence-corrected chi connectivity index (χ4v) is 2.27. The summed E-state index contributed by atoms with van der Waals surface area (Å²) >= 11 is 7.30. The summed E-state index contributed by atoms with van der Waals surface area (Å²) in [6.07, 6.45) is 0. The number of aryl methyl sites for hydroxylation is 1. The highest BCUT2D eigenvalue weighted by Crippen LogP contribution is 2.26. The average molecular weight is 241 g/mol. The van der Waals surface area contributed by atoms with Gasteiger partial charge >= 0.3 is 0 Å². The normalized spacial score (nSPS) is 10.6. The van der Waals surface area contributed by atoms with Crippen molar-refractivity contribution in [3.63, 3.8) is 0 Å². The van der Waals surface area contributed by atoms with Crippen molar-refractivity contribution in [2.45, 2.75) is 13.5 Å². The third-order valence-corrected chi connectivity index (χ3v) is 3.22. The molecule has 1 N–H and O–H groups in total. The molecule has 0 radical (unpaired) electrons. The molecule has 0 unspecified atom stereocenters. The SMILES string of the molecule is Cc1sc(-c2cccc(Cl)n2)nc1CO. The minimum atomic E-state index is -0.0388. The first-order chi connectivity index (χ1) is 7.20. The molecule has 15 heavy (non-hydrogen) atoms. The predicted molar refractivity (Wildman–Crippen MR) is 61.0 cm³/mol. The second kappa shape index (κ2) is 4.26. The second-order valence-electron chi connectivity index (χ2n) is 3.03. The summed E-state index contributed by atoms with van der Waals surface area (Å²) in [6.45, 7) is 1.89. The number of nitrogens with zero attached hydrogens (tertiary/aromatic N) is 2. The number of rotatable bonds is 2. The highest BCUT2D eigenvalue weighted by molar-refractivity contribution is 7.15. The van der Waals surface area contributed by atoms with Crippen LogP contribution >= 0.6 is 22.9 Å². The number of aliphatic hydroxyl groups is 1. The van der Waals surface area contributed by atoms with Gasteiger partial charge in [-0.05, 0) is 19.1 Å². The Hall–Kier alpha value is -0.970. The molecule has 0 aromatic carbocycles. The van der Waals surface area contributed by atoms with Crippen LogP contribution in [0.3, 0.4) is 0 Å². The van der Waals surface area contributed by atoms with Crippen LogP contribution in [0.4, 0.5) is 0 Å². The van der Waals surface area contributed by atoms with Gasteiger partial charge in [0.1, 0.15) is 15.9 Å². The monoisotopic (exact) mass is 240 g/mol. The van der Waals surface area contributed by atoms with Crippen molar-refractivity contribution in [1.29, 1.82) is 0 Å². The lowest BCUT2D eigenvalue weighted by molar-refractivity contribution is 0.277. The van der Waals surface area contributed by atoms with Crippen LogP contribution in [0.1, 0.15) is 10.6 Å². The summed E-state index contributed by atoms with van der Waals surface area (Å²) < 4.78 is 0. The molecule has 2 rings (SSSR count). The van der Waals surface area contributed by atoms with E-state index in [1.54, 1.807) is 6.07 Å². The zero-order valence-electron chi connectivity index (χ0n) is 8.07. The first-order valence-corrected chi connectivity index (χ1v) is 5.60. The minimum absolute atomic E-state index is 0.0388. The Morgan fingerprint density at radius 1 is 1.40 bits per heavy atom. The number of halogens is 1. The Kier molecular flexibility index (Phi) is 3.00. The molecular formula is C10H9ClN2OS. The molecule has 0 aliphatic carbocycles. The van der Waals surface area contributed by atoms with Crippen LogP contribution < -0.4 is 0 Å². The van der Waals surface area contributed by atoms with Gasteiger partial charge in [-0.3, -0.25) is 0 Å². The number of aromatic nitrogens is 2. The predicted octanol–water partition coefficient (Wildman–Crippen LogP) is 2.66. The van der Waals surface area contributed by atoms with E-state index in [9.17, 15) is 0 Å². The zero-order valence-corrected chi connectivity index (χ0v) is 9.64. The lowest BCUT2D eigenvalue weighted by atomic mass is 10.3. The van der Waals surface area contributed by atoms with Crippen molar-refractivity contribution in [3.05, 3.63) is 33.9 Å². The Labute approximate surface area is 96.4 Å². The van der Waals surface area contributed by atoms with E-state index in [1.165, 1.54) is 11.3 Å². The molecule has 2 heterocycles. The van der Waals surface area contributed by atoms with Gasteiger partial charge in [0.2, 0.25) is 0 Å². The maximum absolute atomic E-state index is 9.03. The van der Waals surface area contributed by atoms with E-state index in [4.69, 9.17) is 16.7 Å². The van der Waals surface area contributed by atoms with E-state index in [-0.39, 0.29) is 6.61 Å². The van der Waals surface area contributed by atoms with Crippen molar-refractivity contribution >= 4 is 22.9 Å². The van der Waals surface area contributed by atoms with Crippen LogP contribution in [0.2, 0.25) is 5.15 Å². The van der Waals surface area contributed by atoms with Gasteiger partial charge in [0.05, 0.1) is 12.3 Å². The van der Waals surface area contributed by atoms with E-state index in [0.29, 0.717) is 10.8 Å². The molecule has 0 aliphatic rings. The Morgan fingerprint density at radius 3 is 2.80 bits per heavy atom. The van der Waals surface area contributed by atoms with Crippen LogP contribution in [-0.2, 0) is 6.61 Å². The van der Waals surface area contributed by atoms with E-state index >= 15 is 0 Å². The summed E-state index contributed by atoms with van der Waals surface area (Å²) in [7, 11) is 0. The number of hydrogen-bond donors (Lipinski definition) is 1. The van der Waals surface area contributed by atoms with Crippen molar-refractivity contribution in [2.75, 3.05) is 0 Å². The van der Waals surface area contributed by atoms with Crippen LogP contribution in [0, 0.1) is 6.92 Å². The maximum atomic E-state index is 9.03. The molecule has 78 valence electrons. The van der Waals surface area contributed by atoms with Crippen LogP contribution in [0.5, 0.6) is 0 Å². The van der Waals surface area contributed by atoms with Gasteiger partial charge < -0.3 is 5.11 Å². The molecule has 0 spiro atoms. The molecule has 0 amide bonds. The molecule has 0 saturated heterocycles. The highest BCUT2D eigenvalue weighted by Gasteiger charge is 2.09. The molecule has 0 atom stereocenters. The van der Waals surface area contributed by atoms with Gasteiger partial charge in [0.15, 0.2) is 0 Å². The summed E-state index contributed by atoms with van der Waals surface area (Å²) in [4.78, 5) is 9.46. The lowest BCUT2D eigenvalue weighted by Crippen LogP contribution is -1.86. The minimum Gasteiger partial charge on any atom is -0.390 e. The van der Waals surface area contributed by atoms with Gasteiger partial charge in [-0.1, -0.05) is 17.7 Å². The van der Waals surface area contributed by atoms with E-state index in [1.807, 2.05) is 19.1 Å². The largest absolute Gasteiger partial charge is 0.390 e. The fraction of sp³-hybridized carbons (Fsp3) is 0.200. The van der Waals surface area contributed by atoms with E-state index < -0.39 is 0 Å². The summed E-state index contributed by atoms with van der Waals surface area (Å²) in [5.41, 5.74) is 1.45. The molecule has 2 aromatic rings. The van der Waals surface area contributed by atoms with Gasteiger partial charge in [-0.2, -0.15) is 0 Å². The molecule has 3 nitrogen and oxygen atoms in total. The van der Waals surface area contributed by atoms with Crippen molar-refractivity contribution in [2.24, 2.45) is 0 Å². The van der Waals surface area contributed by atoms with Crippen LogP contribution in [0.15, 0.2) is 18.2 Å². The number of hydrogen-bond acceptors (Lipinski definition) is 4. The zero-order chi connectivity index (χ0) is 10.8. The third-order valence-electron chi connectivity index (χ3n) is 1.98. The van der Waals surface area contributed by atoms with E-state index in [2.05, 4.69) is 9.97 Å². The quantitative estimate of drug-likeness (QED) is 0.821. The van der Waals surface area contributed by atoms with Gasteiger partial charge in [0.25, 0.3) is 0 Å². The Bertz CT molecular complexity index is 484. The first kappa shape index (κ1) is 10.5. The van der Waals surface area contributed by atoms with E-state index in [0.717, 1.165) is 15.6 Å². The van der Waals surface area contributed by atoms with Crippen molar-refractivity contribution < 1.29 is 5.11 Å². The summed E-state index contributed by atoms with van der Waals surface area (Å²) in [5.74, 6) is 0. The van der Waals surface area contributed by atoms with Gasteiger partial charge in [0, 0.05) is 4.88 Å². The van der Waals surface area contributed by atoms with Crippen molar-refractivity contribution in [1.82, 2.24) is 9.97 Å². The van der Waals surface area contributed by atoms with Crippen LogP contribution in [-0.4, -0.2) is 15.1 Å². The Morgan fingerprint density at radius 2 is 2.20 bits per heavy atom. The summed E-state index contributed by atoms with van der Waals surface area (Å²) in [5, 5.41) is 10.3. The number of aliphatic hydroxyl groups excluding tert-OH is 1. The van der Waals surface area contributed by atoms with Gasteiger partial charge in [-0.15, -0.1) is 11.3 Å². The molecule has 2 aromatic heterocycles.